The molecule has 120 valence electrons. The molecule has 3 nitrogen and oxygen atoms in total. The van der Waals surface area contributed by atoms with Crippen LogP contribution in [0.1, 0.15) is 18.9 Å². The summed E-state index contributed by atoms with van der Waals surface area (Å²) < 4.78 is 11.4. The van der Waals surface area contributed by atoms with Crippen molar-refractivity contribution >= 4 is 5.97 Å². The van der Waals surface area contributed by atoms with Crippen LogP contribution in [-0.4, -0.2) is 19.2 Å². The highest BCUT2D eigenvalue weighted by molar-refractivity contribution is 5.66. The molecule has 4 saturated carbocycles. The van der Waals surface area contributed by atoms with Gasteiger partial charge in [-0.3, -0.25) is 4.79 Å². The van der Waals surface area contributed by atoms with Crippen LogP contribution in [0.2, 0.25) is 0 Å². The van der Waals surface area contributed by atoms with E-state index in [9.17, 15) is 4.79 Å². The maximum absolute atomic E-state index is 11.2. The van der Waals surface area contributed by atoms with E-state index in [1.165, 1.54) is 30.1 Å². The van der Waals surface area contributed by atoms with Gasteiger partial charge in [0.2, 0.25) is 0 Å². The summed E-state index contributed by atoms with van der Waals surface area (Å²) in [6.45, 7) is 3.36. The number of hydrogen-bond acceptors (Lipinski definition) is 3. The SMILES string of the molecule is CC(=O)OCC1=C(COCc2ccccc2)C2C3CC4C2C4C13. The van der Waals surface area contributed by atoms with Gasteiger partial charge in [-0.05, 0) is 58.6 Å². The van der Waals surface area contributed by atoms with Gasteiger partial charge in [-0.25, -0.2) is 0 Å². The second-order valence-electron chi connectivity index (χ2n) is 7.58. The minimum atomic E-state index is -0.176. The fourth-order valence-electron chi connectivity index (χ4n) is 5.98. The van der Waals surface area contributed by atoms with Crippen molar-refractivity contribution < 1.29 is 14.3 Å². The normalized spacial score (nSPS) is 38.3. The zero-order chi connectivity index (χ0) is 15.6. The molecule has 0 amide bonds. The molecule has 0 N–H and O–H groups in total. The van der Waals surface area contributed by atoms with Crippen LogP contribution in [0.3, 0.4) is 0 Å². The lowest BCUT2D eigenvalue weighted by Crippen LogP contribution is -2.16. The van der Waals surface area contributed by atoms with Gasteiger partial charge in [-0.15, -0.1) is 0 Å². The molecule has 6 bridgehead atoms. The number of carbonyl (C=O) groups is 1. The first-order chi connectivity index (χ1) is 11.3. The van der Waals surface area contributed by atoms with Crippen LogP contribution >= 0.6 is 0 Å². The summed E-state index contributed by atoms with van der Waals surface area (Å²) in [5.74, 6) is 4.89. The lowest BCUT2D eigenvalue weighted by molar-refractivity contribution is -0.140. The Kier molecular flexibility index (Phi) is 2.96. The predicted molar refractivity (Wildman–Crippen MR) is 85.3 cm³/mol. The molecule has 5 aliphatic carbocycles. The molecule has 0 aliphatic heterocycles. The average molecular weight is 310 g/mol. The molecule has 6 rings (SSSR count). The molecule has 6 atom stereocenters. The Bertz CT molecular complexity index is 677. The van der Waals surface area contributed by atoms with E-state index in [2.05, 4.69) is 12.1 Å². The first-order valence-corrected chi connectivity index (χ1v) is 8.72. The lowest BCUT2D eigenvalue weighted by Gasteiger charge is -2.19. The van der Waals surface area contributed by atoms with Crippen LogP contribution in [-0.2, 0) is 20.9 Å². The highest BCUT2D eigenvalue weighted by atomic mass is 16.5. The Morgan fingerprint density at radius 2 is 1.70 bits per heavy atom. The van der Waals surface area contributed by atoms with Crippen molar-refractivity contribution in [2.45, 2.75) is 20.0 Å². The Morgan fingerprint density at radius 1 is 1.00 bits per heavy atom. The van der Waals surface area contributed by atoms with E-state index in [4.69, 9.17) is 9.47 Å². The standard InChI is InChI=1S/C20H22O3/c1-11(21)23-10-16-15(9-22-8-12-5-3-2-4-6-12)17-13-7-14-19(17)20(14)18(13)16/h2-6,13-14,17-20H,7-10H2,1H3. The van der Waals surface area contributed by atoms with Gasteiger partial charge in [0.1, 0.15) is 6.61 Å². The van der Waals surface area contributed by atoms with Crippen LogP contribution in [0, 0.1) is 35.5 Å². The third-order valence-electron chi connectivity index (χ3n) is 6.61. The summed E-state index contributed by atoms with van der Waals surface area (Å²) in [7, 11) is 0. The quantitative estimate of drug-likeness (QED) is 0.598. The fraction of sp³-hybridized carbons (Fsp3) is 0.550. The number of ether oxygens (including phenoxy) is 2. The fourth-order valence-corrected chi connectivity index (χ4v) is 5.98. The van der Waals surface area contributed by atoms with Gasteiger partial charge in [0.05, 0.1) is 13.2 Å². The monoisotopic (exact) mass is 310 g/mol. The van der Waals surface area contributed by atoms with Crippen molar-refractivity contribution in [3.05, 3.63) is 47.0 Å². The number of rotatable bonds is 6. The highest BCUT2D eigenvalue weighted by Crippen LogP contribution is 2.81. The molecule has 0 aromatic heterocycles. The molecule has 0 heterocycles. The third-order valence-corrected chi connectivity index (χ3v) is 6.61. The molecule has 23 heavy (non-hydrogen) atoms. The molecular formula is C20H22O3. The van der Waals surface area contributed by atoms with Gasteiger partial charge >= 0.3 is 5.97 Å². The average Bonchev–Trinajstić information content (AvgIpc) is 2.88. The number of esters is 1. The summed E-state index contributed by atoms with van der Waals surface area (Å²) >= 11 is 0. The molecule has 4 fully saturated rings. The first-order valence-electron chi connectivity index (χ1n) is 8.72. The van der Waals surface area contributed by atoms with Gasteiger partial charge in [-0.1, -0.05) is 30.3 Å². The Hall–Kier alpha value is -1.61. The van der Waals surface area contributed by atoms with Gasteiger partial charge in [-0.2, -0.15) is 0 Å². The maximum atomic E-state index is 11.2. The Labute approximate surface area is 136 Å². The van der Waals surface area contributed by atoms with E-state index < -0.39 is 0 Å². The van der Waals surface area contributed by atoms with Crippen LogP contribution in [0.25, 0.3) is 0 Å². The summed E-state index contributed by atoms with van der Waals surface area (Å²) in [6, 6.07) is 10.3. The number of hydrogen-bond donors (Lipinski definition) is 0. The van der Waals surface area contributed by atoms with Crippen molar-refractivity contribution in [1.82, 2.24) is 0 Å². The lowest BCUT2D eigenvalue weighted by atomic mass is 9.92. The molecular weight excluding hydrogens is 288 g/mol. The van der Waals surface area contributed by atoms with Gasteiger partial charge < -0.3 is 9.47 Å². The Morgan fingerprint density at radius 3 is 2.35 bits per heavy atom. The van der Waals surface area contributed by atoms with Crippen molar-refractivity contribution in [2.24, 2.45) is 35.5 Å². The van der Waals surface area contributed by atoms with E-state index in [0.29, 0.717) is 25.7 Å². The molecule has 1 aromatic rings. The van der Waals surface area contributed by atoms with E-state index >= 15 is 0 Å². The van der Waals surface area contributed by atoms with Crippen LogP contribution in [0.4, 0.5) is 0 Å². The van der Waals surface area contributed by atoms with Crippen molar-refractivity contribution in [3.8, 4) is 0 Å². The third kappa shape index (κ3) is 1.96. The van der Waals surface area contributed by atoms with E-state index in [-0.39, 0.29) is 5.97 Å². The number of benzene rings is 1. The topological polar surface area (TPSA) is 35.5 Å². The second-order valence-corrected chi connectivity index (χ2v) is 7.58. The van der Waals surface area contributed by atoms with E-state index in [1.807, 2.05) is 18.2 Å². The molecule has 3 heteroatoms. The summed E-state index contributed by atoms with van der Waals surface area (Å²) in [5, 5.41) is 0. The zero-order valence-corrected chi connectivity index (χ0v) is 13.4. The second kappa shape index (κ2) is 4.94. The predicted octanol–water partition coefficient (Wildman–Crippen LogP) is 3.20. The van der Waals surface area contributed by atoms with Crippen molar-refractivity contribution in [2.75, 3.05) is 13.2 Å². The van der Waals surface area contributed by atoms with Gasteiger partial charge in [0.15, 0.2) is 0 Å². The van der Waals surface area contributed by atoms with Crippen LogP contribution in [0.5, 0.6) is 0 Å². The van der Waals surface area contributed by atoms with E-state index in [1.54, 1.807) is 0 Å². The molecule has 0 radical (unpaired) electrons. The largest absolute Gasteiger partial charge is 0.461 e. The Balaban J connectivity index is 1.31. The van der Waals surface area contributed by atoms with Gasteiger partial charge in [0, 0.05) is 6.92 Å². The molecule has 6 unspecified atom stereocenters. The molecule has 0 spiro atoms. The van der Waals surface area contributed by atoms with Crippen LogP contribution in [0.15, 0.2) is 41.5 Å². The molecule has 1 aromatic carbocycles. The molecule has 0 saturated heterocycles. The van der Waals surface area contributed by atoms with Crippen molar-refractivity contribution in [1.29, 1.82) is 0 Å². The smallest absolute Gasteiger partial charge is 0.302 e. The summed E-state index contributed by atoms with van der Waals surface area (Å²) in [6.07, 6.45) is 1.40. The first kappa shape index (κ1) is 13.8. The summed E-state index contributed by atoms with van der Waals surface area (Å²) in [4.78, 5) is 11.2. The zero-order valence-electron chi connectivity index (χ0n) is 13.4. The number of carbonyl (C=O) groups excluding carboxylic acids is 1. The minimum absolute atomic E-state index is 0.176. The highest BCUT2D eigenvalue weighted by Gasteiger charge is 2.77. The maximum Gasteiger partial charge on any atom is 0.302 e. The van der Waals surface area contributed by atoms with E-state index in [0.717, 1.165) is 29.6 Å². The minimum Gasteiger partial charge on any atom is -0.461 e. The molecule has 5 aliphatic rings. The van der Waals surface area contributed by atoms with Crippen molar-refractivity contribution in [3.63, 3.8) is 0 Å². The van der Waals surface area contributed by atoms with Crippen LogP contribution < -0.4 is 0 Å². The summed E-state index contributed by atoms with van der Waals surface area (Å²) in [5.41, 5.74) is 4.09. The van der Waals surface area contributed by atoms with Gasteiger partial charge in [0.25, 0.3) is 0 Å².